The number of hydrogen-bond acceptors (Lipinski definition) is 5. The molecule has 2 saturated heterocycles. The van der Waals surface area contributed by atoms with Crippen molar-refractivity contribution in [1.29, 1.82) is 0 Å². The van der Waals surface area contributed by atoms with Crippen molar-refractivity contribution in [3.63, 3.8) is 0 Å². The van der Waals surface area contributed by atoms with Crippen molar-refractivity contribution in [2.24, 2.45) is 0 Å². The van der Waals surface area contributed by atoms with Gasteiger partial charge in [-0.2, -0.15) is 0 Å². The van der Waals surface area contributed by atoms with Crippen LogP contribution in [0, 0.1) is 0 Å². The molecule has 3 rings (SSSR count). The largest absolute Gasteiger partial charge is 0.337 e. The smallest absolute Gasteiger partial charge is 0.253 e. The molecule has 2 fully saturated rings. The predicted octanol–water partition coefficient (Wildman–Crippen LogP) is 0.772. The average molecular weight is 365 g/mol. The van der Waals surface area contributed by atoms with Gasteiger partial charge < -0.3 is 10.2 Å². The van der Waals surface area contributed by atoms with Crippen LogP contribution in [0.25, 0.3) is 0 Å². The Labute approximate surface area is 150 Å². The Balaban J connectivity index is 1.75. The first-order valence-electron chi connectivity index (χ1n) is 8.97. The molecule has 138 valence electrons. The highest BCUT2D eigenvalue weighted by Crippen LogP contribution is 2.22. The lowest BCUT2D eigenvalue weighted by molar-refractivity contribution is 0.0773. The van der Waals surface area contributed by atoms with Gasteiger partial charge in [-0.3, -0.25) is 9.69 Å². The maximum absolute atomic E-state index is 12.9. The van der Waals surface area contributed by atoms with Crippen LogP contribution in [0.5, 0.6) is 0 Å². The molecule has 0 radical (unpaired) electrons. The first kappa shape index (κ1) is 18.4. The van der Waals surface area contributed by atoms with Crippen molar-refractivity contribution in [2.75, 3.05) is 45.5 Å². The van der Waals surface area contributed by atoms with E-state index in [2.05, 4.69) is 10.2 Å². The number of piperazine rings is 1. The van der Waals surface area contributed by atoms with Crippen molar-refractivity contribution < 1.29 is 13.2 Å². The normalized spacial score (nSPS) is 22.3. The van der Waals surface area contributed by atoms with E-state index >= 15 is 0 Å². The molecule has 1 amide bonds. The summed E-state index contributed by atoms with van der Waals surface area (Å²) < 4.78 is 24.1. The van der Waals surface area contributed by atoms with Crippen LogP contribution in [0.1, 0.15) is 29.3 Å². The summed E-state index contributed by atoms with van der Waals surface area (Å²) in [6.07, 6.45) is 2.81. The molecule has 0 spiro atoms. The fraction of sp³-hybridized carbons (Fsp3) is 0.611. The second-order valence-corrected chi connectivity index (χ2v) is 8.91. The Kier molecular flexibility index (Phi) is 5.46. The summed E-state index contributed by atoms with van der Waals surface area (Å²) in [4.78, 5) is 17.4. The Morgan fingerprint density at radius 2 is 1.96 bits per heavy atom. The zero-order valence-corrected chi connectivity index (χ0v) is 15.8. The van der Waals surface area contributed by atoms with Crippen LogP contribution in [-0.2, 0) is 16.3 Å². The van der Waals surface area contributed by atoms with E-state index in [9.17, 15) is 13.2 Å². The van der Waals surface area contributed by atoms with Crippen molar-refractivity contribution >= 4 is 15.7 Å². The standard InChI is InChI=1S/C18H27N3O3S/c1-3-14-4-5-15(12-17(14)25(2,23)24)18(22)21-9-6-16(13-21)20-10-7-19-8-11-20/h4-5,12,16,19H,3,6-11,13H2,1-2H3. The molecule has 0 bridgehead atoms. The molecule has 6 nitrogen and oxygen atoms in total. The molecule has 1 N–H and O–H groups in total. The molecule has 2 aliphatic rings. The summed E-state index contributed by atoms with van der Waals surface area (Å²) in [6.45, 7) is 7.43. The van der Waals surface area contributed by atoms with E-state index in [0.717, 1.165) is 51.3 Å². The van der Waals surface area contributed by atoms with E-state index < -0.39 is 9.84 Å². The third-order valence-electron chi connectivity index (χ3n) is 5.21. The number of nitrogens with one attached hydrogen (secondary N) is 1. The van der Waals surface area contributed by atoms with E-state index in [4.69, 9.17) is 0 Å². The molecule has 7 heteroatoms. The van der Waals surface area contributed by atoms with Gasteiger partial charge in [0.25, 0.3) is 5.91 Å². The van der Waals surface area contributed by atoms with Gasteiger partial charge in [0.15, 0.2) is 9.84 Å². The van der Waals surface area contributed by atoms with E-state index in [1.165, 1.54) is 6.26 Å². The lowest BCUT2D eigenvalue weighted by atomic mass is 10.1. The summed E-state index contributed by atoms with van der Waals surface area (Å²) in [6, 6.07) is 5.49. The summed E-state index contributed by atoms with van der Waals surface area (Å²) >= 11 is 0. The van der Waals surface area contributed by atoms with Crippen molar-refractivity contribution in [2.45, 2.75) is 30.7 Å². The average Bonchev–Trinajstić information content (AvgIpc) is 3.10. The molecule has 1 aromatic rings. The van der Waals surface area contributed by atoms with E-state index in [-0.39, 0.29) is 10.8 Å². The van der Waals surface area contributed by atoms with E-state index in [0.29, 0.717) is 18.0 Å². The van der Waals surface area contributed by atoms with Crippen LogP contribution >= 0.6 is 0 Å². The third kappa shape index (κ3) is 4.04. The highest BCUT2D eigenvalue weighted by atomic mass is 32.2. The van der Waals surface area contributed by atoms with Crippen LogP contribution in [0.3, 0.4) is 0 Å². The zero-order valence-electron chi connectivity index (χ0n) is 15.0. The number of aryl methyl sites for hydroxylation is 1. The highest BCUT2D eigenvalue weighted by molar-refractivity contribution is 7.90. The second kappa shape index (κ2) is 7.43. The van der Waals surface area contributed by atoms with Crippen LogP contribution in [0.15, 0.2) is 23.1 Å². The molecular weight excluding hydrogens is 338 g/mol. The Hall–Kier alpha value is -1.44. The maximum atomic E-state index is 12.9. The zero-order chi connectivity index (χ0) is 18.0. The van der Waals surface area contributed by atoms with Gasteiger partial charge in [0.05, 0.1) is 4.90 Å². The minimum Gasteiger partial charge on any atom is -0.337 e. The number of hydrogen-bond donors (Lipinski definition) is 1. The number of benzene rings is 1. The SMILES string of the molecule is CCc1ccc(C(=O)N2CCC(N3CCNCC3)C2)cc1S(C)(=O)=O. The lowest BCUT2D eigenvalue weighted by Gasteiger charge is -2.32. The monoisotopic (exact) mass is 365 g/mol. The number of carbonyl (C=O) groups excluding carboxylic acids is 1. The summed E-state index contributed by atoms with van der Waals surface area (Å²) in [5.41, 5.74) is 1.23. The van der Waals surface area contributed by atoms with E-state index in [1.807, 2.05) is 11.8 Å². The van der Waals surface area contributed by atoms with Crippen molar-refractivity contribution in [3.05, 3.63) is 29.3 Å². The van der Waals surface area contributed by atoms with Gasteiger partial charge in [-0.05, 0) is 30.5 Å². The molecule has 2 aliphatic heterocycles. The molecule has 1 atom stereocenters. The highest BCUT2D eigenvalue weighted by Gasteiger charge is 2.31. The number of carbonyl (C=O) groups is 1. The minimum atomic E-state index is -3.34. The first-order chi connectivity index (χ1) is 11.9. The lowest BCUT2D eigenvalue weighted by Crippen LogP contribution is -2.49. The predicted molar refractivity (Wildman–Crippen MR) is 97.7 cm³/mol. The topological polar surface area (TPSA) is 69.7 Å². The number of amides is 1. The fourth-order valence-corrected chi connectivity index (χ4v) is 4.81. The molecule has 0 aromatic heterocycles. The number of likely N-dealkylation sites (tertiary alicyclic amines) is 1. The summed E-state index contributed by atoms with van der Waals surface area (Å²) in [5.74, 6) is -0.0646. The molecule has 0 saturated carbocycles. The van der Waals surface area contributed by atoms with Gasteiger partial charge in [-0.25, -0.2) is 8.42 Å². The Morgan fingerprint density at radius 1 is 1.24 bits per heavy atom. The van der Waals surface area contributed by atoms with Crippen LogP contribution in [0.4, 0.5) is 0 Å². The number of nitrogens with zero attached hydrogens (tertiary/aromatic N) is 2. The fourth-order valence-electron chi connectivity index (χ4n) is 3.78. The van der Waals surface area contributed by atoms with Gasteiger partial charge in [-0.1, -0.05) is 13.0 Å². The van der Waals surface area contributed by atoms with Gasteiger partial charge in [0.1, 0.15) is 0 Å². The van der Waals surface area contributed by atoms with Crippen LogP contribution < -0.4 is 5.32 Å². The van der Waals surface area contributed by atoms with Crippen LogP contribution in [-0.4, -0.2) is 75.7 Å². The molecule has 2 heterocycles. The Morgan fingerprint density at radius 3 is 2.60 bits per heavy atom. The van der Waals surface area contributed by atoms with Gasteiger partial charge in [-0.15, -0.1) is 0 Å². The van der Waals surface area contributed by atoms with E-state index in [1.54, 1.807) is 18.2 Å². The number of rotatable bonds is 4. The maximum Gasteiger partial charge on any atom is 0.253 e. The third-order valence-corrected chi connectivity index (χ3v) is 6.39. The molecule has 25 heavy (non-hydrogen) atoms. The quantitative estimate of drug-likeness (QED) is 0.854. The van der Waals surface area contributed by atoms with Crippen molar-refractivity contribution in [1.82, 2.24) is 15.1 Å². The first-order valence-corrected chi connectivity index (χ1v) is 10.9. The molecular formula is C18H27N3O3S. The summed E-state index contributed by atoms with van der Waals surface area (Å²) in [5, 5.41) is 3.35. The molecule has 1 aromatic carbocycles. The number of sulfone groups is 1. The van der Waals surface area contributed by atoms with Gasteiger partial charge in [0.2, 0.25) is 0 Å². The minimum absolute atomic E-state index is 0.0646. The molecule has 1 unspecified atom stereocenters. The van der Waals surface area contributed by atoms with Gasteiger partial charge >= 0.3 is 0 Å². The molecule has 0 aliphatic carbocycles. The van der Waals surface area contributed by atoms with Gasteiger partial charge in [0, 0.05) is 57.1 Å². The van der Waals surface area contributed by atoms with Crippen molar-refractivity contribution in [3.8, 4) is 0 Å². The van der Waals surface area contributed by atoms with Crippen LogP contribution in [0.2, 0.25) is 0 Å². The Bertz CT molecular complexity index is 742. The summed E-state index contributed by atoms with van der Waals surface area (Å²) in [7, 11) is -3.34. The second-order valence-electron chi connectivity index (χ2n) is 6.93.